The van der Waals surface area contributed by atoms with E-state index in [1.165, 1.54) is 47.7 Å². The number of benzene rings is 1. The topological polar surface area (TPSA) is 43.8 Å². The second-order valence-corrected chi connectivity index (χ2v) is 6.81. The highest BCUT2D eigenvalue weighted by atomic mass is 32.2. The lowest BCUT2D eigenvalue weighted by Gasteiger charge is -2.12. The minimum Gasteiger partial charge on any atom is -0.326 e. The fourth-order valence-electron chi connectivity index (χ4n) is 3.03. The summed E-state index contributed by atoms with van der Waals surface area (Å²) in [6.45, 7) is 0.598. The molecule has 1 saturated carbocycles. The number of fused-ring (bicyclic) bond motifs is 1. The molecule has 3 nitrogen and oxygen atoms in total. The van der Waals surface area contributed by atoms with Crippen molar-refractivity contribution >= 4 is 22.8 Å². The van der Waals surface area contributed by atoms with Gasteiger partial charge in [-0.15, -0.1) is 0 Å². The van der Waals surface area contributed by atoms with Gasteiger partial charge in [-0.1, -0.05) is 6.07 Å². The van der Waals surface area contributed by atoms with Gasteiger partial charge in [-0.25, -0.2) is 4.98 Å². The highest BCUT2D eigenvalue weighted by Gasteiger charge is 2.32. The van der Waals surface area contributed by atoms with Gasteiger partial charge in [0.15, 0.2) is 0 Å². The van der Waals surface area contributed by atoms with Gasteiger partial charge < -0.3 is 10.3 Å². The predicted octanol–water partition coefficient (Wildman–Crippen LogP) is 3.05. The van der Waals surface area contributed by atoms with Gasteiger partial charge in [0.2, 0.25) is 0 Å². The first-order chi connectivity index (χ1) is 9.36. The monoisotopic (exact) mass is 273 g/mol. The molecule has 4 heteroatoms. The number of nitrogens with two attached hydrogens (primary N) is 1. The SMILES string of the molecule is NCc1ccc2c(c1)nc(C1CCSC1)n2C1CC1. The van der Waals surface area contributed by atoms with Crippen molar-refractivity contribution in [3.05, 3.63) is 29.6 Å². The summed E-state index contributed by atoms with van der Waals surface area (Å²) in [5, 5.41) is 0. The van der Waals surface area contributed by atoms with Crippen LogP contribution in [0.1, 0.15) is 42.6 Å². The molecular weight excluding hydrogens is 254 g/mol. The summed E-state index contributed by atoms with van der Waals surface area (Å²) < 4.78 is 2.52. The van der Waals surface area contributed by atoms with E-state index in [1.54, 1.807) is 0 Å². The molecule has 2 fully saturated rings. The van der Waals surface area contributed by atoms with Crippen molar-refractivity contribution in [2.45, 2.75) is 37.8 Å². The van der Waals surface area contributed by atoms with Gasteiger partial charge in [0.05, 0.1) is 11.0 Å². The average molecular weight is 273 g/mol. The van der Waals surface area contributed by atoms with Gasteiger partial charge in [-0.3, -0.25) is 0 Å². The molecule has 1 unspecified atom stereocenters. The summed E-state index contributed by atoms with van der Waals surface area (Å²) in [5.74, 6) is 4.50. The summed E-state index contributed by atoms with van der Waals surface area (Å²) in [6.07, 6.45) is 3.92. The lowest BCUT2D eigenvalue weighted by atomic mass is 10.1. The van der Waals surface area contributed by atoms with E-state index in [4.69, 9.17) is 10.7 Å². The van der Waals surface area contributed by atoms with Gasteiger partial charge in [-0.2, -0.15) is 11.8 Å². The van der Waals surface area contributed by atoms with Crippen LogP contribution >= 0.6 is 11.8 Å². The van der Waals surface area contributed by atoms with Crippen LogP contribution < -0.4 is 5.73 Å². The van der Waals surface area contributed by atoms with Crippen LogP contribution in [0.2, 0.25) is 0 Å². The van der Waals surface area contributed by atoms with Crippen molar-refractivity contribution in [3.63, 3.8) is 0 Å². The Labute approximate surface area is 117 Å². The standard InChI is InChI=1S/C15H19N3S/c16-8-10-1-4-14-13(7-10)17-15(11-5-6-19-9-11)18(14)12-2-3-12/h1,4,7,11-12H,2-3,5-6,8-9,16H2. The Bertz CT molecular complexity index is 609. The number of rotatable bonds is 3. The Kier molecular flexibility index (Phi) is 2.81. The Hall–Kier alpha value is -1.00. The molecule has 1 atom stereocenters. The van der Waals surface area contributed by atoms with Crippen molar-refractivity contribution in [2.75, 3.05) is 11.5 Å². The third kappa shape index (κ3) is 1.98. The van der Waals surface area contributed by atoms with Crippen LogP contribution in [0.3, 0.4) is 0 Å². The molecule has 2 aromatic rings. The first kappa shape index (κ1) is 11.8. The van der Waals surface area contributed by atoms with Gasteiger partial charge in [0.25, 0.3) is 0 Å². The Morgan fingerprint density at radius 1 is 1.32 bits per heavy atom. The van der Waals surface area contributed by atoms with Crippen molar-refractivity contribution < 1.29 is 0 Å². The normalized spacial score (nSPS) is 23.3. The Balaban J connectivity index is 1.88. The molecule has 4 rings (SSSR count). The molecule has 0 spiro atoms. The Morgan fingerprint density at radius 3 is 2.89 bits per heavy atom. The molecule has 2 N–H and O–H groups in total. The maximum atomic E-state index is 5.74. The Morgan fingerprint density at radius 2 is 2.21 bits per heavy atom. The molecule has 2 aliphatic rings. The molecule has 100 valence electrons. The maximum Gasteiger partial charge on any atom is 0.114 e. The first-order valence-corrected chi connectivity index (χ1v) is 8.31. The van der Waals surface area contributed by atoms with Gasteiger partial charge >= 0.3 is 0 Å². The molecular formula is C15H19N3S. The predicted molar refractivity (Wildman–Crippen MR) is 80.6 cm³/mol. The molecule has 1 aliphatic heterocycles. The summed E-state index contributed by atoms with van der Waals surface area (Å²) in [5.41, 5.74) is 9.38. The summed E-state index contributed by atoms with van der Waals surface area (Å²) in [6, 6.07) is 7.24. The fraction of sp³-hybridized carbons (Fsp3) is 0.533. The second kappa shape index (κ2) is 4.53. The third-order valence-corrected chi connectivity index (χ3v) is 5.39. The van der Waals surface area contributed by atoms with Crippen LogP contribution in [-0.4, -0.2) is 21.1 Å². The zero-order chi connectivity index (χ0) is 12.8. The van der Waals surface area contributed by atoms with E-state index in [-0.39, 0.29) is 0 Å². The van der Waals surface area contributed by atoms with E-state index in [0.717, 1.165) is 5.52 Å². The highest BCUT2D eigenvalue weighted by Crippen LogP contribution is 2.42. The lowest BCUT2D eigenvalue weighted by Crippen LogP contribution is -2.07. The number of hydrogen-bond donors (Lipinski definition) is 1. The first-order valence-electron chi connectivity index (χ1n) is 7.15. The largest absolute Gasteiger partial charge is 0.326 e. The molecule has 0 amide bonds. The maximum absolute atomic E-state index is 5.74. The molecule has 0 radical (unpaired) electrons. The van der Waals surface area contributed by atoms with Gasteiger partial charge in [-0.05, 0) is 42.7 Å². The number of aromatic nitrogens is 2. The molecule has 1 aromatic heterocycles. The van der Waals surface area contributed by atoms with E-state index in [2.05, 4.69) is 34.5 Å². The van der Waals surface area contributed by atoms with Crippen LogP contribution in [0.25, 0.3) is 11.0 Å². The summed E-state index contributed by atoms with van der Waals surface area (Å²) in [4.78, 5) is 4.96. The van der Waals surface area contributed by atoms with Crippen LogP contribution in [0.15, 0.2) is 18.2 Å². The smallest absolute Gasteiger partial charge is 0.114 e. The van der Waals surface area contributed by atoms with Crippen LogP contribution in [0, 0.1) is 0 Å². The average Bonchev–Trinajstić information content (AvgIpc) is 3.01. The number of imidazole rings is 1. The summed E-state index contributed by atoms with van der Waals surface area (Å²) >= 11 is 2.06. The fourth-order valence-corrected chi connectivity index (χ4v) is 4.25. The number of nitrogens with zero attached hydrogens (tertiary/aromatic N) is 2. The van der Waals surface area contributed by atoms with E-state index in [9.17, 15) is 0 Å². The van der Waals surface area contributed by atoms with Crippen LogP contribution in [0.5, 0.6) is 0 Å². The third-order valence-electron chi connectivity index (χ3n) is 4.22. The molecule has 19 heavy (non-hydrogen) atoms. The summed E-state index contributed by atoms with van der Waals surface area (Å²) in [7, 11) is 0. The van der Waals surface area contributed by atoms with Gasteiger partial charge in [0.1, 0.15) is 5.82 Å². The number of thioether (sulfide) groups is 1. The number of hydrogen-bond acceptors (Lipinski definition) is 3. The van der Waals surface area contributed by atoms with Crippen molar-refractivity contribution in [3.8, 4) is 0 Å². The van der Waals surface area contributed by atoms with Crippen molar-refractivity contribution in [2.24, 2.45) is 5.73 Å². The molecule has 1 aromatic carbocycles. The van der Waals surface area contributed by atoms with E-state index >= 15 is 0 Å². The minimum atomic E-state index is 0.598. The minimum absolute atomic E-state index is 0.598. The van der Waals surface area contributed by atoms with Gasteiger partial charge in [0, 0.05) is 24.3 Å². The van der Waals surface area contributed by atoms with Crippen molar-refractivity contribution in [1.82, 2.24) is 9.55 Å². The zero-order valence-electron chi connectivity index (χ0n) is 11.0. The van der Waals surface area contributed by atoms with E-state index in [1.807, 2.05) is 0 Å². The van der Waals surface area contributed by atoms with E-state index < -0.39 is 0 Å². The molecule has 0 bridgehead atoms. The van der Waals surface area contributed by atoms with E-state index in [0.29, 0.717) is 18.5 Å². The lowest BCUT2D eigenvalue weighted by molar-refractivity contribution is 0.630. The highest BCUT2D eigenvalue weighted by molar-refractivity contribution is 7.99. The molecule has 1 aliphatic carbocycles. The zero-order valence-corrected chi connectivity index (χ0v) is 11.8. The quantitative estimate of drug-likeness (QED) is 0.934. The van der Waals surface area contributed by atoms with Crippen molar-refractivity contribution in [1.29, 1.82) is 0 Å². The van der Waals surface area contributed by atoms with Crippen LogP contribution in [0.4, 0.5) is 0 Å². The molecule has 2 heterocycles. The molecule has 1 saturated heterocycles. The van der Waals surface area contributed by atoms with Crippen LogP contribution in [-0.2, 0) is 6.54 Å². The second-order valence-electron chi connectivity index (χ2n) is 5.66.